The van der Waals surface area contributed by atoms with E-state index in [1.54, 1.807) is 14.2 Å². The van der Waals surface area contributed by atoms with Crippen molar-refractivity contribution in [3.63, 3.8) is 0 Å². The minimum Gasteiger partial charge on any atom is -0.493 e. The van der Waals surface area contributed by atoms with Gasteiger partial charge in [0.15, 0.2) is 11.5 Å². The van der Waals surface area contributed by atoms with Crippen molar-refractivity contribution < 1.29 is 24.3 Å². The molecular weight excluding hydrogens is 306 g/mol. The minimum atomic E-state index is -0.319. The summed E-state index contributed by atoms with van der Waals surface area (Å²) in [6.07, 6.45) is 0.992. The van der Waals surface area contributed by atoms with E-state index >= 15 is 0 Å². The summed E-state index contributed by atoms with van der Waals surface area (Å²) in [5.41, 5.74) is 4.21. The first-order chi connectivity index (χ1) is 11.7. The second kappa shape index (κ2) is 6.93. The second-order valence-corrected chi connectivity index (χ2v) is 5.77. The third-order valence-electron chi connectivity index (χ3n) is 4.49. The number of quaternary nitrogens is 1. The van der Waals surface area contributed by atoms with Gasteiger partial charge in [-0.2, -0.15) is 0 Å². The average Bonchev–Trinajstić information content (AvgIpc) is 2.65. The zero-order chi connectivity index (χ0) is 17.1. The Balaban J connectivity index is 1.98. The third kappa shape index (κ3) is 2.95. The summed E-state index contributed by atoms with van der Waals surface area (Å²) in [4.78, 5) is 11.6. The fourth-order valence-electron chi connectivity index (χ4n) is 3.24. The van der Waals surface area contributed by atoms with Gasteiger partial charge in [-0.1, -0.05) is 12.1 Å². The Morgan fingerprint density at radius 1 is 1.04 bits per heavy atom. The normalized spacial score (nSPS) is 16.2. The number of hydrogen-bond acceptors (Lipinski definition) is 4. The van der Waals surface area contributed by atoms with Crippen LogP contribution in [-0.4, -0.2) is 33.8 Å². The first kappa shape index (κ1) is 16.3. The molecular formula is C19H22NO4+. The fourth-order valence-corrected chi connectivity index (χ4v) is 3.24. The molecule has 2 aromatic carbocycles. The van der Waals surface area contributed by atoms with Gasteiger partial charge in [0, 0.05) is 17.5 Å². The second-order valence-electron chi connectivity index (χ2n) is 5.77. The van der Waals surface area contributed by atoms with Crippen LogP contribution in [0, 0.1) is 0 Å². The highest BCUT2D eigenvalue weighted by Gasteiger charge is 2.27. The lowest BCUT2D eigenvalue weighted by atomic mass is 9.89. The number of rotatable bonds is 4. The first-order valence-corrected chi connectivity index (χ1v) is 7.94. The van der Waals surface area contributed by atoms with Gasteiger partial charge in [-0.3, -0.25) is 0 Å². The van der Waals surface area contributed by atoms with Crippen molar-refractivity contribution in [2.24, 2.45) is 0 Å². The summed E-state index contributed by atoms with van der Waals surface area (Å²) < 4.78 is 15.6. The number of fused-ring (bicyclic) bond motifs is 1. The molecule has 0 unspecified atom stereocenters. The fraction of sp³-hybridized carbons (Fsp3) is 0.316. The molecule has 2 N–H and O–H groups in total. The molecule has 1 heterocycles. The van der Waals surface area contributed by atoms with E-state index in [-0.39, 0.29) is 12.0 Å². The predicted molar refractivity (Wildman–Crippen MR) is 89.7 cm³/mol. The van der Waals surface area contributed by atoms with E-state index in [9.17, 15) is 4.79 Å². The molecule has 0 saturated carbocycles. The molecule has 0 radical (unpaired) electrons. The molecule has 0 amide bonds. The maximum absolute atomic E-state index is 11.6. The van der Waals surface area contributed by atoms with Crippen LogP contribution in [0.4, 0.5) is 0 Å². The van der Waals surface area contributed by atoms with E-state index in [0.717, 1.165) is 30.0 Å². The molecule has 0 bridgehead atoms. The van der Waals surface area contributed by atoms with E-state index in [2.05, 4.69) is 17.4 Å². The van der Waals surface area contributed by atoms with Crippen LogP contribution in [0.2, 0.25) is 0 Å². The quantitative estimate of drug-likeness (QED) is 0.868. The van der Waals surface area contributed by atoms with Gasteiger partial charge < -0.3 is 19.5 Å². The molecule has 5 nitrogen and oxygen atoms in total. The molecule has 24 heavy (non-hydrogen) atoms. The molecule has 126 valence electrons. The van der Waals surface area contributed by atoms with Crippen molar-refractivity contribution in [1.29, 1.82) is 0 Å². The van der Waals surface area contributed by atoms with Crippen molar-refractivity contribution >= 4 is 5.97 Å². The number of carbonyl (C=O) groups is 1. The Kier molecular flexibility index (Phi) is 4.71. The lowest BCUT2D eigenvalue weighted by molar-refractivity contribution is -0.690. The molecule has 2 aromatic rings. The molecule has 5 heteroatoms. The van der Waals surface area contributed by atoms with Gasteiger partial charge in [0.1, 0.15) is 6.04 Å². The van der Waals surface area contributed by atoms with Crippen LogP contribution in [0.1, 0.15) is 33.1 Å². The molecule has 0 spiro atoms. The Morgan fingerprint density at radius 3 is 2.33 bits per heavy atom. The maximum Gasteiger partial charge on any atom is 0.337 e. The van der Waals surface area contributed by atoms with Crippen molar-refractivity contribution in [1.82, 2.24) is 0 Å². The molecule has 1 aliphatic heterocycles. The summed E-state index contributed by atoms with van der Waals surface area (Å²) in [5, 5.41) is 2.31. The first-order valence-electron chi connectivity index (χ1n) is 7.94. The Bertz CT molecular complexity index is 740. The highest BCUT2D eigenvalue weighted by atomic mass is 16.5. The van der Waals surface area contributed by atoms with E-state index in [1.165, 1.54) is 18.2 Å². The summed E-state index contributed by atoms with van der Waals surface area (Å²) in [6.45, 7) is 1.01. The Labute approximate surface area is 141 Å². The zero-order valence-corrected chi connectivity index (χ0v) is 14.2. The number of ether oxygens (including phenoxy) is 3. The van der Waals surface area contributed by atoms with E-state index < -0.39 is 0 Å². The van der Waals surface area contributed by atoms with Crippen LogP contribution in [0.15, 0.2) is 36.4 Å². The Hall–Kier alpha value is -2.53. The number of carbonyl (C=O) groups excluding carboxylic acids is 1. The molecule has 3 rings (SSSR count). The molecule has 0 aliphatic carbocycles. The topological polar surface area (TPSA) is 61.4 Å². The van der Waals surface area contributed by atoms with Gasteiger partial charge >= 0.3 is 5.97 Å². The highest BCUT2D eigenvalue weighted by molar-refractivity contribution is 5.89. The molecule has 1 aliphatic rings. The van der Waals surface area contributed by atoms with Gasteiger partial charge in [0.2, 0.25) is 0 Å². The van der Waals surface area contributed by atoms with Gasteiger partial charge in [-0.15, -0.1) is 0 Å². The summed E-state index contributed by atoms with van der Waals surface area (Å²) in [6, 6.07) is 11.9. The molecule has 0 aromatic heterocycles. The molecule has 0 saturated heterocycles. The lowest BCUT2D eigenvalue weighted by Gasteiger charge is -2.25. The van der Waals surface area contributed by atoms with Crippen LogP contribution in [0.25, 0.3) is 0 Å². The number of nitrogens with two attached hydrogens (primary N) is 1. The lowest BCUT2D eigenvalue weighted by Crippen LogP contribution is -2.87. The number of esters is 1. The van der Waals surface area contributed by atoms with Crippen molar-refractivity contribution in [3.05, 3.63) is 58.7 Å². The Morgan fingerprint density at radius 2 is 1.71 bits per heavy atom. The van der Waals surface area contributed by atoms with Gasteiger partial charge in [-0.05, 0) is 29.8 Å². The number of hydrogen-bond donors (Lipinski definition) is 1. The largest absolute Gasteiger partial charge is 0.493 e. The summed E-state index contributed by atoms with van der Waals surface area (Å²) in [5.74, 6) is 1.18. The van der Waals surface area contributed by atoms with E-state index in [0.29, 0.717) is 5.56 Å². The van der Waals surface area contributed by atoms with Crippen molar-refractivity contribution in [2.45, 2.75) is 12.5 Å². The number of benzene rings is 2. The standard InChI is InChI=1S/C19H21NO4/c1-22-16-10-14-8-9-20-18(15(14)11-17(16)23-2)12-4-6-13(7-5-12)19(21)24-3/h4-7,10-11,18,20H,8-9H2,1-3H3/p+1/t18-/m0/s1. The van der Waals surface area contributed by atoms with Crippen molar-refractivity contribution in [3.8, 4) is 11.5 Å². The van der Waals surface area contributed by atoms with E-state index in [1.807, 2.05) is 24.3 Å². The van der Waals surface area contributed by atoms with Crippen LogP contribution in [0.5, 0.6) is 11.5 Å². The molecule has 0 fully saturated rings. The molecule has 1 atom stereocenters. The van der Waals surface area contributed by atoms with Gasteiger partial charge in [0.05, 0.1) is 33.4 Å². The average molecular weight is 328 g/mol. The van der Waals surface area contributed by atoms with Crippen molar-refractivity contribution in [2.75, 3.05) is 27.9 Å². The number of methoxy groups -OCH3 is 3. The minimum absolute atomic E-state index is 0.181. The van der Waals surface area contributed by atoms with Crippen LogP contribution in [0.3, 0.4) is 0 Å². The smallest absolute Gasteiger partial charge is 0.337 e. The SMILES string of the molecule is COC(=O)c1ccc([C@@H]2[NH2+]CCc3cc(OC)c(OC)cc32)cc1. The van der Waals surface area contributed by atoms with Gasteiger partial charge in [0.25, 0.3) is 0 Å². The summed E-state index contributed by atoms with van der Waals surface area (Å²) >= 11 is 0. The van der Waals surface area contributed by atoms with Gasteiger partial charge in [-0.25, -0.2) is 4.79 Å². The van der Waals surface area contributed by atoms with Crippen LogP contribution >= 0.6 is 0 Å². The van der Waals surface area contributed by atoms with E-state index in [4.69, 9.17) is 14.2 Å². The predicted octanol–water partition coefficient (Wildman–Crippen LogP) is 1.70. The van der Waals surface area contributed by atoms with Crippen LogP contribution < -0.4 is 14.8 Å². The zero-order valence-electron chi connectivity index (χ0n) is 14.2. The van der Waals surface area contributed by atoms with Crippen LogP contribution in [-0.2, 0) is 11.2 Å². The summed E-state index contributed by atoms with van der Waals surface area (Å²) in [7, 11) is 4.69. The highest BCUT2D eigenvalue weighted by Crippen LogP contribution is 2.35. The third-order valence-corrected chi connectivity index (χ3v) is 4.49. The maximum atomic E-state index is 11.6. The monoisotopic (exact) mass is 328 g/mol.